The number of aliphatic hydroxyl groups excluding tert-OH is 1. The van der Waals surface area contributed by atoms with E-state index in [0.717, 1.165) is 5.69 Å². The van der Waals surface area contributed by atoms with Crippen LogP contribution in [0.5, 0.6) is 0 Å². The predicted molar refractivity (Wildman–Crippen MR) is 352 cm³/mol. The fourth-order valence-electron chi connectivity index (χ4n) is 12.5. The zero-order chi connectivity index (χ0) is 70.0. The molecule has 2 heterocycles. The molecule has 2 rings (SSSR count). The van der Waals surface area contributed by atoms with Gasteiger partial charge >= 0.3 is 0 Å². The number of likely N-dealkylation sites (N-methyl/N-ethyl adjacent to an activating group) is 7. The molecule has 1 fully saturated rings. The van der Waals surface area contributed by atoms with E-state index >= 15 is 14.4 Å². The van der Waals surface area contributed by atoms with Gasteiger partial charge in [0.05, 0.1) is 24.5 Å². The Labute approximate surface area is 545 Å². The third-order valence-electron chi connectivity index (χ3n) is 18.6. The van der Waals surface area contributed by atoms with Crippen molar-refractivity contribution in [2.75, 3.05) is 62.4 Å². The molecule has 1 saturated heterocycles. The van der Waals surface area contributed by atoms with Crippen molar-refractivity contribution in [2.45, 2.75) is 230 Å². The molecule has 1 aliphatic heterocycles. The minimum absolute atomic E-state index is 0.0728. The summed E-state index contributed by atoms with van der Waals surface area (Å²) in [5, 5.41) is 18.5. The highest BCUT2D eigenvalue weighted by atomic mass is 16.3. The molecule has 1 aliphatic rings. The van der Waals surface area contributed by atoms with Crippen LogP contribution in [0.25, 0.3) is 0 Å². The van der Waals surface area contributed by atoms with Crippen LogP contribution in [0.15, 0.2) is 12.5 Å². The fraction of sp³-hybridized carbons (Fsp3) is 0.794. The van der Waals surface area contributed by atoms with E-state index in [-0.39, 0.29) is 62.1 Å². The second-order valence-corrected chi connectivity index (χ2v) is 28.5. The number of Topliss-reactive ketones (excluding diaryl/α,β-unsaturated/α-hetero) is 3. The van der Waals surface area contributed by atoms with Crippen LogP contribution in [-0.2, 0) is 59.2 Å². The molecule has 0 aromatic carbocycles. The van der Waals surface area contributed by atoms with Crippen molar-refractivity contribution in [3.8, 4) is 0 Å². The summed E-state index contributed by atoms with van der Waals surface area (Å²) < 4.78 is 0. The molecule has 8 amide bonds. The van der Waals surface area contributed by atoms with Gasteiger partial charge in [-0.05, 0) is 93.9 Å². The van der Waals surface area contributed by atoms with E-state index in [1.165, 1.54) is 97.5 Å². The van der Waals surface area contributed by atoms with Crippen LogP contribution in [0.2, 0.25) is 0 Å². The highest BCUT2D eigenvalue weighted by Crippen LogP contribution is 2.30. The normalized spacial score (nSPS) is 26.9. The zero-order valence-corrected chi connectivity index (χ0v) is 59.9. The van der Waals surface area contributed by atoms with E-state index in [4.69, 9.17) is 0 Å². The van der Waals surface area contributed by atoms with Gasteiger partial charge in [-0.15, -0.1) is 0 Å². The van der Waals surface area contributed by atoms with Gasteiger partial charge in [0, 0.05) is 111 Å². The van der Waals surface area contributed by atoms with Crippen LogP contribution in [0.4, 0.5) is 0 Å². The molecule has 0 aliphatic carbocycles. The Morgan fingerprint density at radius 1 is 0.516 bits per heavy atom. The fourth-order valence-corrected chi connectivity index (χ4v) is 12.5. The first-order valence-corrected chi connectivity index (χ1v) is 33.3. The Kier molecular flexibility index (Phi) is 32.9. The minimum atomic E-state index is -1.52. The van der Waals surface area contributed by atoms with Gasteiger partial charge < -0.3 is 55.0 Å². The lowest BCUT2D eigenvalue weighted by atomic mass is 9.84. The standard InChI is InChI=1S/C68H119N11O12/c1-25-48-34-56(82)59(60(83)44(14)26-28-69-29-27-49-36-70-37-71-49)79(24)68(91)58(43(12)13)78(23)66(89)53(32-40(6)7)76(21)67(90)57(42(10)11)77(22)62(85)46(16)72-61(84)45(15)33-54(80)51(30-38(2)3)75(20)65(88)50(41(8)9)35-55(81)52(31-39(4)5)74(19)63(86)47(17)73(18)64(48)87/h36-48,50-53,57-60,69,83H,25-35H2,1-24H3,(H,70,71)(H,72,84)/t44-,45+,46+,47-,48+,50-,51-,52+,53-,57?,58-,59+,60-/m1/s1. The summed E-state index contributed by atoms with van der Waals surface area (Å²) >= 11 is 0. The maximum Gasteiger partial charge on any atom is 0.246 e. The summed E-state index contributed by atoms with van der Waals surface area (Å²) in [5.41, 5.74) is 0.933. The number of ketones is 3. The van der Waals surface area contributed by atoms with Crippen LogP contribution in [-0.4, -0.2) is 231 Å². The summed E-state index contributed by atoms with van der Waals surface area (Å²) in [6, 6.07) is -9.40. The van der Waals surface area contributed by atoms with Gasteiger partial charge in [-0.25, -0.2) is 4.98 Å². The number of carbonyl (C=O) groups is 11. The number of carbonyl (C=O) groups excluding carboxylic acids is 11. The van der Waals surface area contributed by atoms with Crippen LogP contribution in [0.1, 0.15) is 175 Å². The summed E-state index contributed by atoms with van der Waals surface area (Å²) in [5.74, 6) is -11.4. The summed E-state index contributed by atoms with van der Waals surface area (Å²) in [6.07, 6.45) is 2.65. The first-order valence-electron chi connectivity index (χ1n) is 33.3. The highest BCUT2D eigenvalue weighted by molar-refractivity contribution is 6.00. The van der Waals surface area contributed by atoms with Gasteiger partial charge in [-0.2, -0.15) is 0 Å². The van der Waals surface area contributed by atoms with Gasteiger partial charge in [-0.1, -0.05) is 104 Å². The number of hydrogen-bond donors (Lipinski definition) is 4. The lowest BCUT2D eigenvalue weighted by molar-refractivity contribution is -0.157. The third kappa shape index (κ3) is 22.3. The van der Waals surface area contributed by atoms with Gasteiger partial charge in [0.1, 0.15) is 36.3 Å². The third-order valence-corrected chi connectivity index (χ3v) is 18.6. The Morgan fingerprint density at radius 2 is 0.978 bits per heavy atom. The highest BCUT2D eigenvalue weighted by Gasteiger charge is 2.46. The molecule has 91 heavy (non-hydrogen) atoms. The Hall–Kier alpha value is -6.10. The average molecular weight is 1280 g/mol. The molecule has 1 aromatic rings. The van der Waals surface area contributed by atoms with Gasteiger partial charge in [0.25, 0.3) is 0 Å². The van der Waals surface area contributed by atoms with Crippen molar-refractivity contribution in [3.05, 3.63) is 18.2 Å². The number of rotatable bonds is 18. The second-order valence-electron chi connectivity index (χ2n) is 28.5. The SMILES string of the molecule is CC[C@H]1CC(=O)[C@@H]([C@H](O)[C@H](C)CCNCCc2cnc[nH]2)N(C)C(=O)[C@@H](C(C)C)N(C)C(=O)[C@@H](CC(C)C)N(C)C(=O)C(C(C)C)N(C)C(=O)[C@H](C)NC(=O)[C@@H](C)CC(=O)[C@@H](CC(C)C)N(C)C(=O)[C@@H](C(C)C)CC(=O)[C@H](CC(C)C)N(C)C(=O)[C@@H](C)N(C)C1=O. The smallest absolute Gasteiger partial charge is 0.246 e. The van der Waals surface area contributed by atoms with Crippen molar-refractivity contribution in [2.24, 2.45) is 59.2 Å². The largest absolute Gasteiger partial charge is 0.390 e. The number of H-pyrrole nitrogens is 1. The summed E-state index contributed by atoms with van der Waals surface area (Å²) in [6.45, 7) is 31.1. The van der Waals surface area contributed by atoms with E-state index < -0.39 is 161 Å². The summed E-state index contributed by atoms with van der Waals surface area (Å²) in [7, 11) is 10.3. The maximum absolute atomic E-state index is 15.4. The average Bonchev–Trinajstić information content (AvgIpc) is 1.15. The van der Waals surface area contributed by atoms with Gasteiger partial charge in [-0.3, -0.25) is 52.7 Å². The molecule has 13 atom stereocenters. The molecule has 0 spiro atoms. The summed E-state index contributed by atoms with van der Waals surface area (Å²) in [4.78, 5) is 179. The zero-order valence-electron chi connectivity index (χ0n) is 59.9. The molecule has 1 aromatic heterocycles. The topological polar surface area (TPSA) is 283 Å². The lowest BCUT2D eigenvalue weighted by Gasteiger charge is -2.42. The van der Waals surface area contributed by atoms with Crippen LogP contribution < -0.4 is 10.6 Å². The van der Waals surface area contributed by atoms with Crippen molar-refractivity contribution >= 4 is 64.6 Å². The number of aromatic amines is 1. The molecule has 518 valence electrons. The second kappa shape index (κ2) is 37.0. The molecule has 4 N–H and O–H groups in total. The van der Waals surface area contributed by atoms with Crippen molar-refractivity contribution in [1.29, 1.82) is 0 Å². The van der Waals surface area contributed by atoms with E-state index in [1.54, 1.807) is 61.0 Å². The first-order chi connectivity index (χ1) is 42.2. The van der Waals surface area contributed by atoms with Gasteiger partial charge in [0.2, 0.25) is 47.3 Å². The first kappa shape index (κ1) is 81.0. The van der Waals surface area contributed by atoms with Crippen molar-refractivity contribution in [3.63, 3.8) is 0 Å². The van der Waals surface area contributed by atoms with Crippen LogP contribution in [0, 0.1) is 59.2 Å². The number of amides is 8. The van der Waals surface area contributed by atoms with Crippen molar-refractivity contribution in [1.82, 2.24) is 54.9 Å². The van der Waals surface area contributed by atoms with Crippen LogP contribution in [0.3, 0.4) is 0 Å². The lowest BCUT2D eigenvalue weighted by Crippen LogP contribution is -2.62. The van der Waals surface area contributed by atoms with Gasteiger partial charge in [0.15, 0.2) is 17.3 Å². The monoisotopic (exact) mass is 1280 g/mol. The van der Waals surface area contributed by atoms with E-state index in [1.807, 2.05) is 55.4 Å². The maximum atomic E-state index is 15.4. The molecule has 0 bridgehead atoms. The molecule has 23 nitrogen and oxygen atoms in total. The molecule has 23 heteroatoms. The Bertz CT molecular complexity index is 2590. The Balaban J connectivity index is 2.96. The molecule has 0 saturated carbocycles. The molecule has 1 unspecified atom stereocenters. The molecular weight excluding hydrogens is 1160 g/mol. The number of aromatic nitrogens is 2. The molecular formula is C68H119N11O12. The quantitative estimate of drug-likeness (QED) is 0.132. The van der Waals surface area contributed by atoms with E-state index in [0.29, 0.717) is 25.9 Å². The van der Waals surface area contributed by atoms with E-state index in [9.17, 15) is 43.5 Å². The number of nitrogens with zero attached hydrogens (tertiary/aromatic N) is 8. The van der Waals surface area contributed by atoms with Crippen LogP contribution >= 0.6 is 0 Å². The molecule has 0 radical (unpaired) electrons. The number of aliphatic hydroxyl groups is 1. The van der Waals surface area contributed by atoms with E-state index in [2.05, 4.69) is 20.6 Å². The number of imidazole rings is 1. The number of hydrogen-bond acceptors (Lipinski definition) is 14. The Morgan fingerprint density at radius 3 is 1.45 bits per heavy atom. The van der Waals surface area contributed by atoms with Crippen molar-refractivity contribution < 1.29 is 57.8 Å². The predicted octanol–water partition coefficient (Wildman–Crippen LogP) is 5.52. The number of nitrogens with one attached hydrogen (secondary N) is 3. The minimum Gasteiger partial charge on any atom is -0.390 e.